The summed E-state index contributed by atoms with van der Waals surface area (Å²) in [6, 6.07) is 0. The van der Waals surface area contributed by atoms with Gasteiger partial charge in [0, 0.05) is 6.42 Å². The molecule has 2 rings (SSSR count). The highest BCUT2D eigenvalue weighted by molar-refractivity contribution is 5.70. The van der Waals surface area contributed by atoms with Crippen molar-refractivity contribution < 1.29 is 19.8 Å². The van der Waals surface area contributed by atoms with Gasteiger partial charge in [0.2, 0.25) is 0 Å². The van der Waals surface area contributed by atoms with E-state index >= 15 is 0 Å². The molecule has 1 atom stereocenters. The Bertz CT molecular complexity index is 382. The minimum absolute atomic E-state index is 0.0645. The zero-order valence-electron chi connectivity index (χ0n) is 16.8. The van der Waals surface area contributed by atoms with Gasteiger partial charge < -0.3 is 10.2 Å². The molecule has 4 nitrogen and oxygen atoms in total. The fourth-order valence-corrected chi connectivity index (χ4v) is 4.59. The summed E-state index contributed by atoms with van der Waals surface area (Å²) in [7, 11) is 0. The second-order valence-electron chi connectivity index (χ2n) is 8.28. The van der Waals surface area contributed by atoms with Gasteiger partial charge in [-0.1, -0.05) is 77.6 Å². The van der Waals surface area contributed by atoms with Gasteiger partial charge in [0.25, 0.3) is 0 Å². The van der Waals surface area contributed by atoms with Crippen LogP contribution in [0, 0.1) is 17.8 Å². The average Bonchev–Trinajstić information content (AvgIpc) is 2.65. The molecule has 2 N–H and O–H groups in total. The number of unbranched alkanes of at least 4 members (excludes halogenated alkanes) is 1. The van der Waals surface area contributed by atoms with E-state index in [9.17, 15) is 9.59 Å². The van der Waals surface area contributed by atoms with Gasteiger partial charge in [0.1, 0.15) is 0 Å². The maximum absolute atomic E-state index is 11.0. The molecule has 1 unspecified atom stereocenters. The van der Waals surface area contributed by atoms with Crippen LogP contribution in [0.5, 0.6) is 0 Å². The van der Waals surface area contributed by atoms with E-state index in [1.807, 2.05) is 0 Å². The van der Waals surface area contributed by atoms with Crippen molar-refractivity contribution in [1.82, 2.24) is 0 Å². The van der Waals surface area contributed by atoms with E-state index in [1.54, 1.807) is 0 Å². The second kappa shape index (κ2) is 14.1. The standard InChI is InChI=1S/2C11H20O2/c1-2-6-10(11(12)13)9-7-4-3-5-8-9;12-11(13)9-5-4-8-10-6-2-1-3-7-10/h9-10H,2-8H2,1H3,(H,12,13);10H,1-9H2,(H,12,13). The van der Waals surface area contributed by atoms with E-state index in [-0.39, 0.29) is 5.92 Å². The summed E-state index contributed by atoms with van der Waals surface area (Å²) in [5.41, 5.74) is 0. The van der Waals surface area contributed by atoms with Gasteiger partial charge in [-0.2, -0.15) is 0 Å². The molecular formula is C22H40O4. The first kappa shape index (κ1) is 23.0. The fourth-order valence-electron chi connectivity index (χ4n) is 4.59. The summed E-state index contributed by atoms with van der Waals surface area (Å²) in [6.07, 6.45) is 18.4. The van der Waals surface area contributed by atoms with Crippen LogP contribution in [0.1, 0.15) is 110 Å². The maximum atomic E-state index is 11.0. The minimum Gasteiger partial charge on any atom is -0.481 e. The molecule has 0 aromatic heterocycles. The Morgan fingerprint density at radius 1 is 0.885 bits per heavy atom. The number of aliphatic carboxylic acids is 2. The lowest BCUT2D eigenvalue weighted by atomic mass is 9.78. The molecule has 0 radical (unpaired) electrons. The predicted molar refractivity (Wildman–Crippen MR) is 105 cm³/mol. The lowest BCUT2D eigenvalue weighted by Gasteiger charge is -2.27. The van der Waals surface area contributed by atoms with Crippen LogP contribution in [-0.4, -0.2) is 22.2 Å². The van der Waals surface area contributed by atoms with Gasteiger partial charge in [-0.25, -0.2) is 0 Å². The molecule has 0 bridgehead atoms. The van der Waals surface area contributed by atoms with Crippen LogP contribution in [0.3, 0.4) is 0 Å². The molecule has 2 fully saturated rings. The highest BCUT2D eigenvalue weighted by atomic mass is 16.4. The van der Waals surface area contributed by atoms with Crippen LogP contribution in [0.4, 0.5) is 0 Å². The molecule has 0 heterocycles. The van der Waals surface area contributed by atoms with E-state index in [2.05, 4.69) is 6.92 Å². The van der Waals surface area contributed by atoms with Gasteiger partial charge in [-0.05, 0) is 37.5 Å². The second-order valence-corrected chi connectivity index (χ2v) is 8.28. The third-order valence-corrected chi connectivity index (χ3v) is 6.11. The number of hydrogen-bond acceptors (Lipinski definition) is 2. The Labute approximate surface area is 159 Å². The van der Waals surface area contributed by atoms with Crippen LogP contribution in [0.15, 0.2) is 0 Å². The van der Waals surface area contributed by atoms with Crippen molar-refractivity contribution in [1.29, 1.82) is 0 Å². The molecule has 152 valence electrons. The lowest BCUT2D eigenvalue weighted by Crippen LogP contribution is -2.25. The van der Waals surface area contributed by atoms with Crippen molar-refractivity contribution in [3.8, 4) is 0 Å². The Morgan fingerprint density at radius 2 is 1.46 bits per heavy atom. The zero-order chi connectivity index (χ0) is 19.2. The Morgan fingerprint density at radius 3 is 1.96 bits per heavy atom. The summed E-state index contributed by atoms with van der Waals surface area (Å²) in [6.45, 7) is 2.07. The highest BCUT2D eigenvalue weighted by Crippen LogP contribution is 2.32. The number of carboxylic acid groups (broad SMARTS) is 2. The third-order valence-electron chi connectivity index (χ3n) is 6.11. The Balaban J connectivity index is 0.000000260. The first-order valence-electron chi connectivity index (χ1n) is 11.0. The highest BCUT2D eigenvalue weighted by Gasteiger charge is 2.28. The third kappa shape index (κ3) is 10.2. The quantitative estimate of drug-likeness (QED) is 0.470. The molecule has 2 saturated carbocycles. The molecule has 0 aliphatic heterocycles. The van der Waals surface area contributed by atoms with Gasteiger partial charge in [-0.15, -0.1) is 0 Å². The lowest BCUT2D eigenvalue weighted by molar-refractivity contribution is -0.144. The summed E-state index contributed by atoms with van der Waals surface area (Å²) >= 11 is 0. The molecule has 0 aromatic rings. The number of rotatable bonds is 9. The molecule has 0 saturated heterocycles. The van der Waals surface area contributed by atoms with Crippen LogP contribution >= 0.6 is 0 Å². The Hall–Kier alpha value is -1.06. The molecule has 2 aliphatic carbocycles. The smallest absolute Gasteiger partial charge is 0.306 e. The summed E-state index contributed by atoms with van der Waals surface area (Å²) in [4.78, 5) is 21.2. The number of carboxylic acids is 2. The first-order chi connectivity index (χ1) is 12.5. The van der Waals surface area contributed by atoms with Crippen LogP contribution in [-0.2, 0) is 9.59 Å². The number of hydrogen-bond donors (Lipinski definition) is 2. The molecule has 0 amide bonds. The van der Waals surface area contributed by atoms with Crippen molar-refractivity contribution in [3.63, 3.8) is 0 Å². The van der Waals surface area contributed by atoms with E-state index in [0.29, 0.717) is 12.3 Å². The van der Waals surface area contributed by atoms with E-state index in [0.717, 1.165) is 44.4 Å². The maximum Gasteiger partial charge on any atom is 0.306 e. The van der Waals surface area contributed by atoms with Gasteiger partial charge >= 0.3 is 11.9 Å². The summed E-state index contributed by atoms with van der Waals surface area (Å²) in [5, 5.41) is 17.5. The topological polar surface area (TPSA) is 74.6 Å². The SMILES string of the molecule is CCCC(C(=O)O)C1CCCCC1.O=C(O)CCCCC1CCCCC1. The predicted octanol–water partition coefficient (Wildman–Crippen LogP) is 6.28. The van der Waals surface area contributed by atoms with Gasteiger partial charge in [0.15, 0.2) is 0 Å². The van der Waals surface area contributed by atoms with E-state index in [4.69, 9.17) is 10.2 Å². The largest absolute Gasteiger partial charge is 0.481 e. The van der Waals surface area contributed by atoms with Gasteiger partial charge in [0.05, 0.1) is 5.92 Å². The van der Waals surface area contributed by atoms with E-state index < -0.39 is 11.9 Å². The van der Waals surface area contributed by atoms with Crippen LogP contribution in [0.25, 0.3) is 0 Å². The van der Waals surface area contributed by atoms with Crippen molar-refractivity contribution in [3.05, 3.63) is 0 Å². The van der Waals surface area contributed by atoms with Crippen LogP contribution < -0.4 is 0 Å². The monoisotopic (exact) mass is 368 g/mol. The normalized spacial score (nSPS) is 20.0. The first-order valence-corrected chi connectivity index (χ1v) is 11.0. The molecule has 0 spiro atoms. The fraction of sp³-hybridized carbons (Fsp3) is 0.909. The van der Waals surface area contributed by atoms with E-state index in [1.165, 1.54) is 57.8 Å². The number of carbonyl (C=O) groups is 2. The van der Waals surface area contributed by atoms with Gasteiger partial charge in [-0.3, -0.25) is 9.59 Å². The van der Waals surface area contributed by atoms with Crippen molar-refractivity contribution in [2.24, 2.45) is 17.8 Å². The van der Waals surface area contributed by atoms with Crippen LogP contribution in [0.2, 0.25) is 0 Å². The average molecular weight is 369 g/mol. The van der Waals surface area contributed by atoms with Crippen molar-refractivity contribution in [2.75, 3.05) is 0 Å². The molecular weight excluding hydrogens is 328 g/mol. The molecule has 4 heteroatoms. The summed E-state index contributed by atoms with van der Waals surface area (Å²) in [5.74, 6) is 0.0800. The van der Waals surface area contributed by atoms with Crippen molar-refractivity contribution >= 4 is 11.9 Å². The Kier molecular flexibility index (Phi) is 12.4. The molecule has 26 heavy (non-hydrogen) atoms. The summed E-state index contributed by atoms with van der Waals surface area (Å²) < 4.78 is 0. The zero-order valence-corrected chi connectivity index (χ0v) is 16.8. The van der Waals surface area contributed by atoms with Crippen molar-refractivity contribution in [2.45, 2.75) is 110 Å². The molecule has 0 aromatic carbocycles. The molecule has 2 aliphatic rings. The minimum atomic E-state index is -0.649.